The fraction of sp³-hybridized carbons (Fsp3) is 0.316. The molecule has 0 bridgehead atoms. The molecule has 2 amide bonds. The van der Waals surface area contributed by atoms with Crippen LogP contribution in [0.25, 0.3) is 0 Å². The zero-order chi connectivity index (χ0) is 17.2. The summed E-state index contributed by atoms with van der Waals surface area (Å²) in [5, 5.41) is 5.95. The highest BCUT2D eigenvalue weighted by Crippen LogP contribution is 2.51. The van der Waals surface area contributed by atoms with Crippen LogP contribution in [0.1, 0.15) is 25.3 Å². The summed E-state index contributed by atoms with van der Waals surface area (Å²) in [6.07, 6.45) is 2.18. The largest absolute Gasteiger partial charge is 0.497 e. The number of rotatable bonds is 5. The normalized spacial score (nSPS) is 16.1. The van der Waals surface area contributed by atoms with E-state index in [2.05, 4.69) is 57.8 Å². The lowest BCUT2D eigenvalue weighted by atomic mass is 9.89. The summed E-state index contributed by atoms with van der Waals surface area (Å²) in [5.41, 5.74) is 2.04. The lowest BCUT2D eigenvalue weighted by molar-refractivity contribution is 0.246. The predicted molar refractivity (Wildman–Crippen MR) is 99.7 cm³/mol. The zero-order valence-corrected chi connectivity index (χ0v) is 15.4. The molecule has 1 unspecified atom stereocenters. The molecule has 3 rings (SSSR count). The molecule has 1 atom stereocenters. The van der Waals surface area contributed by atoms with Crippen LogP contribution < -0.4 is 15.4 Å². The second-order valence-electron chi connectivity index (χ2n) is 6.22. The summed E-state index contributed by atoms with van der Waals surface area (Å²) in [6, 6.07) is 15.6. The fourth-order valence-corrected chi connectivity index (χ4v) is 3.36. The van der Waals surface area contributed by atoms with Gasteiger partial charge in [0.05, 0.1) is 7.11 Å². The highest BCUT2D eigenvalue weighted by molar-refractivity contribution is 9.10. The van der Waals surface area contributed by atoms with Crippen molar-refractivity contribution in [3.05, 3.63) is 58.6 Å². The molecular formula is C19H21BrN2O2. The van der Waals surface area contributed by atoms with E-state index in [4.69, 9.17) is 4.74 Å². The number of hydrogen-bond acceptors (Lipinski definition) is 2. The zero-order valence-electron chi connectivity index (χ0n) is 13.8. The minimum Gasteiger partial charge on any atom is -0.497 e. The van der Waals surface area contributed by atoms with E-state index in [1.54, 1.807) is 13.2 Å². The molecule has 5 heteroatoms. The first-order valence-electron chi connectivity index (χ1n) is 8.01. The van der Waals surface area contributed by atoms with Crippen molar-refractivity contribution >= 4 is 27.6 Å². The lowest BCUT2D eigenvalue weighted by Gasteiger charge is -2.25. The Bertz CT molecular complexity index is 726. The molecule has 0 spiro atoms. The number of nitrogens with one attached hydrogen (secondary N) is 2. The standard InChI is InChI=1S/C19H21BrN2O2/c1-13(19(10-11-19)14-6-8-15(20)9-7-14)21-18(23)22-16-4-3-5-17(12-16)24-2/h3-9,12-13H,10-11H2,1-2H3,(H2,21,22,23). The molecular weight excluding hydrogens is 368 g/mol. The Hall–Kier alpha value is -2.01. The van der Waals surface area contributed by atoms with Gasteiger partial charge in [0, 0.05) is 27.7 Å². The molecule has 2 aromatic carbocycles. The first kappa shape index (κ1) is 16.8. The van der Waals surface area contributed by atoms with Gasteiger partial charge in [0.25, 0.3) is 0 Å². The van der Waals surface area contributed by atoms with Gasteiger partial charge in [-0.2, -0.15) is 0 Å². The first-order valence-corrected chi connectivity index (χ1v) is 8.80. The smallest absolute Gasteiger partial charge is 0.319 e. The van der Waals surface area contributed by atoms with E-state index in [1.165, 1.54) is 5.56 Å². The van der Waals surface area contributed by atoms with Crippen molar-refractivity contribution < 1.29 is 9.53 Å². The maximum atomic E-state index is 12.3. The molecule has 1 saturated carbocycles. The Labute approximate surface area is 150 Å². The summed E-state index contributed by atoms with van der Waals surface area (Å²) in [4.78, 5) is 12.3. The van der Waals surface area contributed by atoms with E-state index >= 15 is 0 Å². The topological polar surface area (TPSA) is 50.4 Å². The molecule has 0 heterocycles. The van der Waals surface area contributed by atoms with Crippen LogP contribution in [0.15, 0.2) is 53.0 Å². The minimum atomic E-state index is -0.195. The number of ether oxygens (including phenoxy) is 1. The van der Waals surface area contributed by atoms with Gasteiger partial charge in [-0.3, -0.25) is 0 Å². The van der Waals surface area contributed by atoms with Crippen molar-refractivity contribution in [2.75, 3.05) is 12.4 Å². The van der Waals surface area contributed by atoms with Gasteiger partial charge in [0.15, 0.2) is 0 Å². The molecule has 4 nitrogen and oxygen atoms in total. The highest BCUT2D eigenvalue weighted by atomic mass is 79.9. The molecule has 1 aliphatic carbocycles. The van der Waals surface area contributed by atoms with Crippen molar-refractivity contribution in [1.29, 1.82) is 0 Å². The molecule has 0 aliphatic heterocycles. The molecule has 0 aromatic heterocycles. The molecule has 0 radical (unpaired) electrons. The van der Waals surface area contributed by atoms with Gasteiger partial charge in [-0.1, -0.05) is 34.1 Å². The number of benzene rings is 2. The van der Waals surface area contributed by atoms with Gasteiger partial charge in [0.1, 0.15) is 5.75 Å². The van der Waals surface area contributed by atoms with E-state index in [-0.39, 0.29) is 17.5 Å². The highest BCUT2D eigenvalue weighted by Gasteiger charge is 2.49. The van der Waals surface area contributed by atoms with Crippen LogP contribution in [0.3, 0.4) is 0 Å². The predicted octanol–water partition coefficient (Wildman–Crippen LogP) is 4.70. The number of carbonyl (C=O) groups is 1. The second-order valence-corrected chi connectivity index (χ2v) is 7.13. The summed E-state index contributed by atoms with van der Waals surface area (Å²) in [7, 11) is 1.61. The Morgan fingerprint density at radius 2 is 1.92 bits per heavy atom. The lowest BCUT2D eigenvalue weighted by Crippen LogP contribution is -2.43. The molecule has 1 fully saturated rings. The van der Waals surface area contributed by atoms with E-state index in [0.29, 0.717) is 5.69 Å². The van der Waals surface area contributed by atoms with Crippen molar-refractivity contribution in [2.45, 2.75) is 31.2 Å². The second kappa shape index (κ2) is 6.85. The van der Waals surface area contributed by atoms with Crippen LogP contribution in [0.2, 0.25) is 0 Å². The number of carbonyl (C=O) groups excluding carboxylic acids is 1. The molecule has 0 saturated heterocycles. The van der Waals surface area contributed by atoms with Gasteiger partial charge < -0.3 is 15.4 Å². The maximum absolute atomic E-state index is 12.3. The third-order valence-electron chi connectivity index (χ3n) is 4.71. The van der Waals surface area contributed by atoms with Gasteiger partial charge in [-0.25, -0.2) is 4.79 Å². The van der Waals surface area contributed by atoms with E-state index in [0.717, 1.165) is 23.1 Å². The summed E-state index contributed by atoms with van der Waals surface area (Å²) < 4.78 is 6.24. The number of methoxy groups -OCH3 is 1. The van der Waals surface area contributed by atoms with Crippen LogP contribution in [0, 0.1) is 0 Å². The minimum absolute atomic E-state index is 0.0480. The maximum Gasteiger partial charge on any atom is 0.319 e. The van der Waals surface area contributed by atoms with Crippen molar-refractivity contribution in [3.8, 4) is 5.75 Å². The Kier molecular flexibility index (Phi) is 4.81. The monoisotopic (exact) mass is 388 g/mol. The van der Waals surface area contributed by atoms with Gasteiger partial charge in [0.2, 0.25) is 0 Å². The number of anilines is 1. The average molecular weight is 389 g/mol. The van der Waals surface area contributed by atoms with Gasteiger partial charge >= 0.3 is 6.03 Å². The number of amides is 2. The number of urea groups is 1. The fourth-order valence-electron chi connectivity index (χ4n) is 3.09. The molecule has 24 heavy (non-hydrogen) atoms. The third-order valence-corrected chi connectivity index (χ3v) is 5.24. The van der Waals surface area contributed by atoms with E-state index in [9.17, 15) is 4.79 Å². The Morgan fingerprint density at radius 1 is 1.21 bits per heavy atom. The molecule has 126 valence electrons. The van der Waals surface area contributed by atoms with Crippen molar-refractivity contribution in [1.82, 2.24) is 5.32 Å². The van der Waals surface area contributed by atoms with Crippen LogP contribution in [0.5, 0.6) is 5.75 Å². The molecule has 2 aromatic rings. The quantitative estimate of drug-likeness (QED) is 0.779. The first-order chi connectivity index (χ1) is 11.5. The molecule has 1 aliphatic rings. The number of hydrogen-bond donors (Lipinski definition) is 2. The van der Waals surface area contributed by atoms with Crippen molar-refractivity contribution in [3.63, 3.8) is 0 Å². The van der Waals surface area contributed by atoms with Crippen LogP contribution in [-0.4, -0.2) is 19.2 Å². The van der Waals surface area contributed by atoms with Gasteiger partial charge in [-0.15, -0.1) is 0 Å². The summed E-state index contributed by atoms with van der Waals surface area (Å²) in [6.45, 7) is 2.07. The van der Waals surface area contributed by atoms with Crippen LogP contribution in [-0.2, 0) is 5.41 Å². The SMILES string of the molecule is COc1cccc(NC(=O)NC(C)C2(c3ccc(Br)cc3)CC2)c1. The number of halogens is 1. The Balaban J connectivity index is 1.64. The third kappa shape index (κ3) is 3.56. The van der Waals surface area contributed by atoms with Crippen LogP contribution in [0.4, 0.5) is 10.5 Å². The van der Waals surface area contributed by atoms with Crippen molar-refractivity contribution in [2.24, 2.45) is 0 Å². The van der Waals surface area contributed by atoms with E-state index in [1.807, 2.05) is 18.2 Å². The molecule has 2 N–H and O–H groups in total. The average Bonchev–Trinajstić information content (AvgIpc) is 3.37. The Morgan fingerprint density at radius 3 is 2.54 bits per heavy atom. The summed E-state index contributed by atoms with van der Waals surface area (Å²) in [5.74, 6) is 0.717. The van der Waals surface area contributed by atoms with Crippen LogP contribution >= 0.6 is 15.9 Å². The van der Waals surface area contributed by atoms with Gasteiger partial charge in [-0.05, 0) is 49.6 Å². The van der Waals surface area contributed by atoms with E-state index < -0.39 is 0 Å². The summed E-state index contributed by atoms with van der Waals surface area (Å²) >= 11 is 3.47.